The summed E-state index contributed by atoms with van der Waals surface area (Å²) in [5.74, 6) is -3.07. The quantitative estimate of drug-likeness (QED) is 0.0839. The Kier molecular flexibility index (Phi) is 34.9. The van der Waals surface area contributed by atoms with E-state index in [1.807, 2.05) is 0 Å². The molecular weight excluding hydrogens is 514 g/mol. The molecule has 0 saturated carbocycles. The van der Waals surface area contributed by atoms with Crippen LogP contribution < -0.4 is 11.5 Å². The predicted molar refractivity (Wildman–Crippen MR) is 161 cm³/mol. The van der Waals surface area contributed by atoms with Crippen molar-refractivity contribution in [2.45, 2.75) is 149 Å². The molecule has 0 fully saturated rings. The first-order valence-corrected chi connectivity index (χ1v) is 15.4. The normalized spacial score (nSPS) is 11.1. The zero-order valence-electron chi connectivity index (χ0n) is 25.7. The summed E-state index contributed by atoms with van der Waals surface area (Å²) in [6, 6.07) is -1.06. The van der Waals surface area contributed by atoms with Crippen LogP contribution in [0.1, 0.15) is 143 Å². The van der Waals surface area contributed by atoms with Gasteiger partial charge in [-0.15, -0.1) is 0 Å². The molecule has 0 bridgehead atoms. The number of nitrogens with zero attached hydrogens (tertiary/aromatic N) is 1. The van der Waals surface area contributed by atoms with Crippen molar-refractivity contribution in [1.29, 1.82) is 0 Å². The van der Waals surface area contributed by atoms with Crippen molar-refractivity contribution < 1.29 is 34.5 Å². The summed E-state index contributed by atoms with van der Waals surface area (Å²) >= 11 is 0. The third-order valence-corrected chi connectivity index (χ3v) is 6.55. The van der Waals surface area contributed by atoms with Gasteiger partial charge in [-0.1, -0.05) is 111 Å². The molecule has 1 amide bonds. The third kappa shape index (κ3) is 40.3. The molecule has 10 heteroatoms. The maximum Gasteiger partial charge on any atom is 0.320 e. The highest BCUT2D eigenvalue weighted by Crippen LogP contribution is 2.13. The molecule has 10 nitrogen and oxygen atoms in total. The molecule has 0 saturated heterocycles. The highest BCUT2D eigenvalue weighted by atomic mass is 16.4. The first kappa shape index (κ1) is 42.3. The molecule has 0 aliphatic heterocycles. The molecule has 40 heavy (non-hydrogen) atoms. The fourth-order valence-electron chi connectivity index (χ4n) is 3.86. The lowest BCUT2D eigenvalue weighted by atomic mass is 10.0. The number of primary amides is 1. The van der Waals surface area contributed by atoms with Crippen molar-refractivity contribution in [1.82, 2.24) is 4.90 Å². The van der Waals surface area contributed by atoms with E-state index in [2.05, 4.69) is 25.7 Å². The lowest BCUT2D eigenvalue weighted by Gasteiger charge is -2.15. The summed E-state index contributed by atoms with van der Waals surface area (Å²) in [4.78, 5) is 42.7. The number of amides is 1. The highest BCUT2D eigenvalue weighted by molar-refractivity contribution is 5.74. The van der Waals surface area contributed by atoms with Crippen LogP contribution in [0.25, 0.3) is 0 Å². The van der Waals surface area contributed by atoms with Crippen molar-refractivity contribution in [2.75, 3.05) is 19.6 Å². The summed E-state index contributed by atoms with van der Waals surface area (Å²) in [5, 5.41) is 24.8. The average molecular weight is 576 g/mol. The molecule has 0 aliphatic rings. The van der Waals surface area contributed by atoms with Gasteiger partial charge in [0.15, 0.2) is 0 Å². The van der Waals surface area contributed by atoms with E-state index in [0.717, 1.165) is 32.5 Å². The van der Waals surface area contributed by atoms with E-state index in [9.17, 15) is 19.2 Å². The van der Waals surface area contributed by atoms with Gasteiger partial charge < -0.3 is 31.7 Å². The Balaban J connectivity index is -0.000000573. The summed E-state index contributed by atoms with van der Waals surface area (Å²) in [5.41, 5.74) is 9.99. The van der Waals surface area contributed by atoms with E-state index < -0.39 is 23.9 Å². The van der Waals surface area contributed by atoms with Gasteiger partial charge in [-0.2, -0.15) is 0 Å². The number of aliphatic carboxylic acids is 3. The fraction of sp³-hybridized carbons (Fsp3) is 0.867. The number of unbranched alkanes of at least 4 members (excludes halogenated alkanes) is 14. The summed E-state index contributed by atoms with van der Waals surface area (Å²) in [7, 11) is 0. The van der Waals surface area contributed by atoms with Gasteiger partial charge in [0.2, 0.25) is 5.91 Å². The number of carbonyl (C=O) groups is 4. The maximum atomic E-state index is 10.3. The molecule has 1 atom stereocenters. The molecule has 0 aliphatic carbocycles. The van der Waals surface area contributed by atoms with Gasteiger partial charge in [0.05, 0.1) is 0 Å². The summed E-state index contributed by atoms with van der Waals surface area (Å²) in [6.45, 7) is 9.19. The monoisotopic (exact) mass is 575 g/mol. The number of carboxylic acid groups (broad SMARTS) is 3. The van der Waals surface area contributed by atoms with Gasteiger partial charge in [0.25, 0.3) is 0 Å². The first-order valence-electron chi connectivity index (χ1n) is 15.4. The molecule has 0 heterocycles. The SMILES string of the molecule is CCCCCCCCCCCCCCCCCC(=O)O.CCN(CC)CCC(N)=O.N[C@@H](CCC(=O)O)C(=O)O. The molecule has 238 valence electrons. The minimum absolute atomic E-state index is 0.0231. The topological polar surface area (TPSA) is 184 Å². The molecule has 0 unspecified atom stereocenters. The molecular formula is C30H61N3O7. The van der Waals surface area contributed by atoms with Gasteiger partial charge in [-0.25, -0.2) is 0 Å². The van der Waals surface area contributed by atoms with Crippen LogP contribution in [-0.2, 0) is 19.2 Å². The third-order valence-electron chi connectivity index (χ3n) is 6.55. The predicted octanol–water partition coefficient (Wildman–Crippen LogP) is 5.80. The van der Waals surface area contributed by atoms with Crippen LogP contribution in [0.2, 0.25) is 0 Å². The Bertz CT molecular complexity index is 614. The number of carbonyl (C=O) groups excluding carboxylic acids is 1. The number of nitrogens with two attached hydrogens (primary N) is 2. The molecule has 7 N–H and O–H groups in total. The molecule has 0 aromatic heterocycles. The largest absolute Gasteiger partial charge is 0.481 e. The Morgan fingerprint density at radius 1 is 0.600 bits per heavy atom. The van der Waals surface area contributed by atoms with E-state index in [0.29, 0.717) is 12.8 Å². The Labute approximate surface area is 243 Å². The average Bonchev–Trinajstić information content (AvgIpc) is 2.90. The Morgan fingerprint density at radius 2 is 0.975 bits per heavy atom. The zero-order chi connectivity index (χ0) is 31.0. The van der Waals surface area contributed by atoms with Gasteiger partial charge in [0.1, 0.15) is 6.04 Å². The molecule has 0 spiro atoms. The number of carboxylic acids is 3. The first-order chi connectivity index (χ1) is 19.0. The summed E-state index contributed by atoms with van der Waals surface area (Å²) in [6.07, 6.45) is 20.4. The number of rotatable bonds is 25. The van der Waals surface area contributed by atoms with Crippen molar-refractivity contribution in [3.63, 3.8) is 0 Å². The van der Waals surface area contributed by atoms with E-state index in [-0.39, 0.29) is 18.7 Å². The van der Waals surface area contributed by atoms with Crippen LogP contribution in [0.4, 0.5) is 0 Å². The lowest BCUT2D eigenvalue weighted by Crippen LogP contribution is -2.30. The smallest absolute Gasteiger partial charge is 0.320 e. The second-order valence-corrected chi connectivity index (χ2v) is 10.2. The van der Waals surface area contributed by atoms with Crippen LogP contribution in [0.15, 0.2) is 0 Å². The number of hydrogen-bond donors (Lipinski definition) is 5. The van der Waals surface area contributed by atoms with Crippen LogP contribution >= 0.6 is 0 Å². The fourth-order valence-corrected chi connectivity index (χ4v) is 3.86. The highest BCUT2D eigenvalue weighted by Gasteiger charge is 2.12. The van der Waals surface area contributed by atoms with E-state index in [4.69, 9.17) is 26.8 Å². The van der Waals surface area contributed by atoms with E-state index in [1.54, 1.807) is 0 Å². The molecule has 0 aromatic rings. The van der Waals surface area contributed by atoms with Crippen molar-refractivity contribution in [3.05, 3.63) is 0 Å². The van der Waals surface area contributed by atoms with E-state index >= 15 is 0 Å². The number of hydrogen-bond acceptors (Lipinski definition) is 6. The summed E-state index contributed by atoms with van der Waals surface area (Å²) < 4.78 is 0. The standard InChI is InChI=1S/C18H36O2.C7H16N2O.C5H9NO4/c1-2-3-4-5-6-7-8-9-10-11-12-13-14-15-16-17-18(19)20;1-3-9(4-2)6-5-7(8)10;6-3(5(9)10)1-2-4(7)8/h2-17H2,1H3,(H,19,20);3-6H2,1-2H3,(H2,8,10);3H,1-2,6H2,(H,7,8)(H,9,10)/t;;3-/m..0/s1. The van der Waals surface area contributed by atoms with Gasteiger partial charge in [-0.05, 0) is 25.9 Å². The second-order valence-electron chi connectivity index (χ2n) is 10.2. The van der Waals surface area contributed by atoms with E-state index in [1.165, 1.54) is 83.5 Å². The van der Waals surface area contributed by atoms with Crippen LogP contribution in [-0.4, -0.2) is 69.7 Å². The second kappa shape index (κ2) is 33.0. The van der Waals surface area contributed by atoms with Crippen LogP contribution in [0.5, 0.6) is 0 Å². The van der Waals surface area contributed by atoms with Gasteiger partial charge in [-0.3, -0.25) is 19.2 Å². The minimum atomic E-state index is -1.17. The Morgan fingerprint density at radius 3 is 1.27 bits per heavy atom. The Hall–Kier alpha value is -2.20. The van der Waals surface area contributed by atoms with Gasteiger partial charge >= 0.3 is 17.9 Å². The maximum absolute atomic E-state index is 10.3. The van der Waals surface area contributed by atoms with Gasteiger partial charge in [0, 0.05) is 25.8 Å². The van der Waals surface area contributed by atoms with Crippen molar-refractivity contribution in [2.24, 2.45) is 11.5 Å². The van der Waals surface area contributed by atoms with Crippen LogP contribution in [0.3, 0.4) is 0 Å². The van der Waals surface area contributed by atoms with Crippen LogP contribution in [0, 0.1) is 0 Å². The zero-order valence-corrected chi connectivity index (χ0v) is 25.7. The molecule has 0 rings (SSSR count). The molecule has 0 aromatic carbocycles. The minimum Gasteiger partial charge on any atom is -0.481 e. The lowest BCUT2D eigenvalue weighted by molar-refractivity contribution is -0.140. The van der Waals surface area contributed by atoms with Crippen molar-refractivity contribution >= 4 is 23.8 Å². The molecule has 0 radical (unpaired) electrons. The van der Waals surface area contributed by atoms with Crippen molar-refractivity contribution in [3.8, 4) is 0 Å².